The number of nitrogens with one attached hydrogen (secondary N) is 1. The van der Waals surface area contributed by atoms with Gasteiger partial charge < -0.3 is 5.32 Å². The van der Waals surface area contributed by atoms with Crippen LogP contribution in [0.25, 0.3) is 0 Å². The first kappa shape index (κ1) is 21.0. The second-order valence-corrected chi connectivity index (χ2v) is 8.34. The topological polar surface area (TPSA) is 108 Å². The Labute approximate surface area is 190 Å². The maximum Gasteiger partial charge on any atom is 0.307 e. The summed E-state index contributed by atoms with van der Waals surface area (Å²) in [5.74, 6) is -0.272. The van der Waals surface area contributed by atoms with Crippen LogP contribution >= 0.6 is 34.5 Å². The number of rotatable bonds is 7. The molecule has 0 saturated heterocycles. The van der Waals surface area contributed by atoms with Crippen molar-refractivity contribution in [2.75, 3.05) is 5.32 Å². The van der Waals surface area contributed by atoms with Crippen LogP contribution in [0.3, 0.4) is 0 Å². The molecule has 3 heterocycles. The molecule has 9 nitrogen and oxygen atoms in total. The number of nitro groups is 1. The average Bonchev–Trinajstić information content (AvgIpc) is 3.46. The largest absolute Gasteiger partial charge is 0.319 e. The van der Waals surface area contributed by atoms with E-state index in [1.165, 1.54) is 28.4 Å². The molecule has 12 heteroatoms. The summed E-state index contributed by atoms with van der Waals surface area (Å²) in [4.78, 5) is 23.3. The van der Waals surface area contributed by atoms with E-state index < -0.39 is 4.92 Å². The van der Waals surface area contributed by atoms with Crippen molar-refractivity contribution in [1.29, 1.82) is 0 Å². The van der Waals surface area contributed by atoms with Crippen molar-refractivity contribution < 1.29 is 9.72 Å². The summed E-state index contributed by atoms with van der Waals surface area (Å²) in [5.41, 5.74) is 2.15. The van der Waals surface area contributed by atoms with E-state index in [9.17, 15) is 14.9 Å². The van der Waals surface area contributed by atoms with Crippen LogP contribution in [-0.4, -0.2) is 30.4 Å². The number of aromatic nitrogens is 4. The molecular weight excluding hydrogens is 463 g/mol. The number of benzene rings is 1. The fourth-order valence-electron chi connectivity index (χ4n) is 2.83. The average molecular weight is 477 g/mol. The molecule has 4 rings (SSSR count). The number of carbonyl (C=O) groups excluding carboxylic acids is 1. The fourth-order valence-corrected chi connectivity index (χ4v) is 4.10. The maximum atomic E-state index is 12.5. The van der Waals surface area contributed by atoms with E-state index in [2.05, 4.69) is 15.5 Å². The summed E-state index contributed by atoms with van der Waals surface area (Å²) in [5, 5.41) is 24.7. The fraction of sp³-hybridized carbons (Fsp3) is 0.105. The Balaban J connectivity index is 1.38. The van der Waals surface area contributed by atoms with Gasteiger partial charge >= 0.3 is 5.69 Å². The van der Waals surface area contributed by atoms with Gasteiger partial charge in [0.15, 0.2) is 0 Å². The molecule has 0 radical (unpaired) electrons. The molecule has 31 heavy (non-hydrogen) atoms. The quantitative estimate of drug-likeness (QED) is 0.307. The van der Waals surface area contributed by atoms with Crippen molar-refractivity contribution in [3.8, 4) is 0 Å². The molecule has 0 unspecified atom stereocenters. The second kappa shape index (κ2) is 8.88. The zero-order valence-corrected chi connectivity index (χ0v) is 18.1. The lowest BCUT2D eigenvalue weighted by molar-refractivity contribution is -0.385. The Morgan fingerprint density at radius 1 is 1.13 bits per heavy atom. The van der Waals surface area contributed by atoms with Gasteiger partial charge in [0, 0.05) is 16.2 Å². The molecule has 0 saturated carbocycles. The molecule has 0 aliphatic heterocycles. The minimum atomic E-state index is -0.503. The molecule has 158 valence electrons. The Kier molecular flexibility index (Phi) is 6.03. The highest BCUT2D eigenvalue weighted by Gasteiger charge is 2.13. The Bertz CT molecular complexity index is 1270. The highest BCUT2D eigenvalue weighted by atomic mass is 35.5. The van der Waals surface area contributed by atoms with E-state index >= 15 is 0 Å². The molecule has 3 aromatic heterocycles. The number of halogens is 2. The van der Waals surface area contributed by atoms with E-state index in [1.807, 2.05) is 11.4 Å². The number of hydrogen-bond donors (Lipinski definition) is 1. The smallest absolute Gasteiger partial charge is 0.307 e. The SMILES string of the molecule is O=C(Nc1cnn(Cc2ccc(Cl)cc2Cl)c1)c1cc(Cn2cc([N+](=O)[O-])cn2)cs1. The van der Waals surface area contributed by atoms with Crippen molar-refractivity contribution in [1.82, 2.24) is 19.6 Å². The van der Waals surface area contributed by atoms with E-state index in [0.717, 1.165) is 11.1 Å². The monoisotopic (exact) mass is 476 g/mol. The van der Waals surface area contributed by atoms with E-state index in [-0.39, 0.29) is 11.6 Å². The molecule has 0 fully saturated rings. The van der Waals surface area contributed by atoms with Gasteiger partial charge in [-0.05, 0) is 34.7 Å². The lowest BCUT2D eigenvalue weighted by atomic mass is 10.2. The summed E-state index contributed by atoms with van der Waals surface area (Å²) in [6.45, 7) is 0.766. The third-order valence-corrected chi connectivity index (χ3v) is 5.86. The third kappa shape index (κ3) is 5.10. The molecule has 0 bridgehead atoms. The van der Waals surface area contributed by atoms with Crippen molar-refractivity contribution in [3.05, 3.63) is 90.6 Å². The normalized spacial score (nSPS) is 10.9. The van der Waals surface area contributed by atoms with Crippen LogP contribution in [0, 0.1) is 10.1 Å². The second-order valence-electron chi connectivity index (χ2n) is 6.59. The Morgan fingerprint density at radius 2 is 1.90 bits per heavy atom. The van der Waals surface area contributed by atoms with Gasteiger partial charge in [-0.15, -0.1) is 11.3 Å². The van der Waals surface area contributed by atoms with Crippen LogP contribution in [0.1, 0.15) is 20.8 Å². The molecule has 1 aromatic carbocycles. The van der Waals surface area contributed by atoms with Crippen molar-refractivity contribution in [2.24, 2.45) is 0 Å². The van der Waals surface area contributed by atoms with Gasteiger partial charge in [0.05, 0.1) is 34.8 Å². The van der Waals surface area contributed by atoms with Crippen LogP contribution in [0.5, 0.6) is 0 Å². The molecule has 1 amide bonds. The zero-order valence-electron chi connectivity index (χ0n) is 15.7. The lowest BCUT2D eigenvalue weighted by Gasteiger charge is -2.05. The molecule has 4 aromatic rings. The summed E-state index contributed by atoms with van der Waals surface area (Å²) in [6.07, 6.45) is 5.80. The van der Waals surface area contributed by atoms with E-state index in [1.54, 1.807) is 35.3 Å². The van der Waals surface area contributed by atoms with Gasteiger partial charge in [-0.25, -0.2) is 0 Å². The first-order chi connectivity index (χ1) is 14.9. The minimum absolute atomic E-state index is 0.0786. The number of amides is 1. The van der Waals surface area contributed by atoms with Crippen LogP contribution in [0.2, 0.25) is 10.0 Å². The summed E-state index contributed by atoms with van der Waals surface area (Å²) in [7, 11) is 0. The van der Waals surface area contributed by atoms with E-state index in [0.29, 0.717) is 33.7 Å². The molecule has 0 atom stereocenters. The zero-order chi connectivity index (χ0) is 22.0. The first-order valence-electron chi connectivity index (χ1n) is 8.89. The van der Waals surface area contributed by atoms with Gasteiger partial charge in [-0.2, -0.15) is 10.2 Å². The van der Waals surface area contributed by atoms with Gasteiger partial charge in [0.2, 0.25) is 0 Å². The lowest BCUT2D eigenvalue weighted by Crippen LogP contribution is -2.09. The standard InChI is InChI=1S/C19H14Cl2N6O3S/c20-14-2-1-13(17(21)4-14)8-26-9-15(5-22-26)24-19(28)18-3-12(11-31-18)7-25-10-16(6-23-25)27(29)30/h1-6,9-11H,7-8H2,(H,24,28). The highest BCUT2D eigenvalue weighted by Crippen LogP contribution is 2.22. The summed E-state index contributed by atoms with van der Waals surface area (Å²) < 4.78 is 3.11. The Hall–Kier alpha value is -3.21. The number of carbonyl (C=O) groups is 1. The van der Waals surface area contributed by atoms with Gasteiger partial charge in [0.1, 0.15) is 12.4 Å². The van der Waals surface area contributed by atoms with Gasteiger partial charge in [-0.3, -0.25) is 24.3 Å². The number of hydrogen-bond acceptors (Lipinski definition) is 6. The number of anilines is 1. The van der Waals surface area contributed by atoms with Crippen LogP contribution in [0.4, 0.5) is 11.4 Å². The molecule has 0 aliphatic rings. The molecule has 0 aliphatic carbocycles. The van der Waals surface area contributed by atoms with Gasteiger partial charge in [0.25, 0.3) is 5.91 Å². The van der Waals surface area contributed by atoms with E-state index in [4.69, 9.17) is 23.2 Å². The summed E-state index contributed by atoms with van der Waals surface area (Å²) >= 11 is 13.4. The Morgan fingerprint density at radius 3 is 2.65 bits per heavy atom. The van der Waals surface area contributed by atoms with Crippen molar-refractivity contribution in [3.63, 3.8) is 0 Å². The first-order valence-corrected chi connectivity index (χ1v) is 10.5. The number of nitrogens with zero attached hydrogens (tertiary/aromatic N) is 5. The van der Waals surface area contributed by atoms with Gasteiger partial charge in [-0.1, -0.05) is 29.3 Å². The number of thiophene rings is 1. The van der Waals surface area contributed by atoms with Crippen LogP contribution in [0.15, 0.2) is 54.4 Å². The third-order valence-electron chi connectivity index (χ3n) is 4.29. The molecule has 0 spiro atoms. The van der Waals surface area contributed by atoms with Crippen LogP contribution in [-0.2, 0) is 13.1 Å². The minimum Gasteiger partial charge on any atom is -0.319 e. The molecular formula is C19H14Cl2N6O3S. The predicted octanol–water partition coefficient (Wildman–Crippen LogP) is 4.71. The predicted molar refractivity (Wildman–Crippen MR) is 118 cm³/mol. The van der Waals surface area contributed by atoms with Crippen LogP contribution < -0.4 is 5.32 Å². The highest BCUT2D eigenvalue weighted by molar-refractivity contribution is 7.12. The molecule has 1 N–H and O–H groups in total. The maximum absolute atomic E-state index is 12.5. The summed E-state index contributed by atoms with van der Waals surface area (Å²) in [6, 6.07) is 6.97. The van der Waals surface area contributed by atoms with Crippen molar-refractivity contribution in [2.45, 2.75) is 13.1 Å². The van der Waals surface area contributed by atoms with Crippen molar-refractivity contribution >= 4 is 51.8 Å².